The van der Waals surface area contributed by atoms with Crippen LogP contribution >= 0.6 is 0 Å². The lowest BCUT2D eigenvalue weighted by Gasteiger charge is -2.21. The topological polar surface area (TPSA) is 68.5 Å². The lowest BCUT2D eigenvalue weighted by Crippen LogP contribution is -2.34. The number of likely N-dealkylation sites (tertiary alicyclic amines) is 1. The van der Waals surface area contributed by atoms with Gasteiger partial charge in [0.15, 0.2) is 0 Å². The molecule has 5 nitrogen and oxygen atoms in total. The maximum absolute atomic E-state index is 12.6. The summed E-state index contributed by atoms with van der Waals surface area (Å²) >= 11 is 0. The van der Waals surface area contributed by atoms with E-state index in [2.05, 4.69) is 11.9 Å². The van der Waals surface area contributed by atoms with Crippen LogP contribution in [0.1, 0.15) is 30.3 Å². The highest BCUT2D eigenvalue weighted by Crippen LogP contribution is 2.23. The highest BCUT2D eigenvalue weighted by Gasteiger charge is 2.26. The third-order valence-corrected chi connectivity index (χ3v) is 4.53. The summed E-state index contributed by atoms with van der Waals surface area (Å²) in [6, 6.07) is 9.25. The highest BCUT2D eigenvalue weighted by atomic mass is 19.1. The second kappa shape index (κ2) is 7.61. The van der Waals surface area contributed by atoms with Crippen LogP contribution < -0.4 is 10.5 Å². The predicted molar refractivity (Wildman–Crippen MR) is 95.2 cm³/mol. The van der Waals surface area contributed by atoms with Crippen molar-refractivity contribution in [2.75, 3.05) is 19.7 Å². The van der Waals surface area contributed by atoms with E-state index in [4.69, 9.17) is 10.5 Å². The average Bonchev–Trinajstić information content (AvgIpc) is 3.07. The van der Waals surface area contributed by atoms with Crippen molar-refractivity contribution < 1.29 is 13.9 Å². The van der Waals surface area contributed by atoms with Crippen LogP contribution in [0.2, 0.25) is 0 Å². The van der Waals surface area contributed by atoms with Crippen molar-refractivity contribution in [1.82, 2.24) is 9.88 Å². The summed E-state index contributed by atoms with van der Waals surface area (Å²) in [5.41, 5.74) is 6.98. The summed E-state index contributed by atoms with van der Waals surface area (Å²) in [6.07, 6.45) is 2.55. The van der Waals surface area contributed by atoms with Gasteiger partial charge < -0.3 is 15.4 Å². The zero-order chi connectivity index (χ0) is 17.8. The first-order chi connectivity index (χ1) is 12.1. The van der Waals surface area contributed by atoms with Gasteiger partial charge in [-0.25, -0.2) is 9.37 Å². The third kappa shape index (κ3) is 3.79. The van der Waals surface area contributed by atoms with Gasteiger partial charge in [0.05, 0.1) is 11.8 Å². The summed E-state index contributed by atoms with van der Waals surface area (Å²) in [4.78, 5) is 19.0. The first-order valence-electron chi connectivity index (χ1n) is 8.45. The fourth-order valence-electron chi connectivity index (χ4n) is 3.01. The number of carbonyl (C=O) groups excluding carboxylic acids is 1. The number of hydrogen-bond donors (Lipinski definition) is 1. The van der Waals surface area contributed by atoms with E-state index in [1.54, 1.807) is 18.2 Å². The van der Waals surface area contributed by atoms with Gasteiger partial charge in [0, 0.05) is 30.1 Å². The number of rotatable bonds is 5. The van der Waals surface area contributed by atoms with Crippen LogP contribution in [0.25, 0.3) is 10.9 Å². The normalized spacial score (nSPS) is 18.0. The first kappa shape index (κ1) is 17.4. The second-order valence-corrected chi connectivity index (χ2v) is 6.30. The van der Waals surface area contributed by atoms with Crippen molar-refractivity contribution in [3.8, 4) is 5.75 Å². The van der Waals surface area contributed by atoms with E-state index >= 15 is 0 Å². The Morgan fingerprint density at radius 2 is 2.28 bits per heavy atom. The van der Waals surface area contributed by atoms with Crippen molar-refractivity contribution in [2.45, 2.75) is 25.8 Å². The van der Waals surface area contributed by atoms with Gasteiger partial charge in [-0.05, 0) is 44.0 Å². The molecule has 0 radical (unpaired) electrons. The molecule has 1 saturated heterocycles. The van der Waals surface area contributed by atoms with Crippen LogP contribution in [0.15, 0.2) is 42.2 Å². The molecule has 1 aliphatic rings. The molecule has 0 bridgehead atoms. The average molecular weight is 343 g/mol. The molecule has 6 heteroatoms. The largest absolute Gasteiger partial charge is 0.489 e. The molecule has 1 fully saturated rings. The van der Waals surface area contributed by atoms with Gasteiger partial charge >= 0.3 is 0 Å². The monoisotopic (exact) mass is 343 g/mol. The Kier molecular flexibility index (Phi) is 5.28. The summed E-state index contributed by atoms with van der Waals surface area (Å²) in [5, 5.41) is 0.863. The molecule has 25 heavy (non-hydrogen) atoms. The third-order valence-electron chi connectivity index (χ3n) is 4.53. The molecule has 0 unspecified atom stereocenters. The number of nitrogens with zero attached hydrogens (tertiary/aromatic N) is 2. The quantitative estimate of drug-likeness (QED) is 0.906. The number of halogens is 1. The number of amides is 1. The Balaban J connectivity index is 1.78. The van der Waals surface area contributed by atoms with Crippen LogP contribution in [0.4, 0.5) is 4.39 Å². The van der Waals surface area contributed by atoms with Gasteiger partial charge in [-0.2, -0.15) is 0 Å². The molecule has 132 valence electrons. The van der Waals surface area contributed by atoms with Gasteiger partial charge in [0.25, 0.3) is 5.91 Å². The molecule has 1 aliphatic heterocycles. The van der Waals surface area contributed by atoms with Gasteiger partial charge in [0.2, 0.25) is 0 Å². The molecule has 1 aromatic carbocycles. The fraction of sp³-hybridized carbons (Fsp3) is 0.368. The molecule has 0 saturated carbocycles. The lowest BCUT2D eigenvalue weighted by atomic mass is 10.1. The maximum Gasteiger partial charge on any atom is 0.272 e. The van der Waals surface area contributed by atoms with E-state index in [-0.39, 0.29) is 25.1 Å². The Morgan fingerprint density at radius 3 is 2.96 bits per heavy atom. The number of pyridine rings is 1. The van der Waals surface area contributed by atoms with E-state index < -0.39 is 0 Å². The van der Waals surface area contributed by atoms with Gasteiger partial charge in [0.1, 0.15) is 18.1 Å². The minimum atomic E-state index is -0.0205. The Morgan fingerprint density at radius 1 is 1.44 bits per heavy atom. The van der Waals surface area contributed by atoms with Crippen LogP contribution in [-0.4, -0.2) is 41.5 Å². The van der Waals surface area contributed by atoms with Gasteiger partial charge in [-0.3, -0.25) is 4.79 Å². The molecule has 2 N–H and O–H groups in total. The minimum Gasteiger partial charge on any atom is -0.489 e. The van der Waals surface area contributed by atoms with E-state index in [0.717, 1.165) is 30.3 Å². The fourth-order valence-corrected chi connectivity index (χ4v) is 3.01. The summed E-state index contributed by atoms with van der Waals surface area (Å²) in [7, 11) is 0. The second-order valence-electron chi connectivity index (χ2n) is 6.30. The molecule has 1 amide bonds. The number of ether oxygens (including phenoxy) is 1. The molecular formula is C19H22FN3O2. The Bertz CT molecular complexity index is 806. The van der Waals surface area contributed by atoms with Crippen molar-refractivity contribution in [3.05, 3.63) is 47.9 Å². The standard InChI is InChI=1S/C19H22FN3O2/c1-13-3-2-8-23(13)19(24)18-6-4-15-9-16(5-7-17(15)22-18)25-12-14(10-20)11-21/h4-7,9-10,13H,2-3,8,11-12,21H2,1H3/b14-10+/t13-/m0/s1. The first-order valence-corrected chi connectivity index (χ1v) is 8.45. The summed E-state index contributed by atoms with van der Waals surface area (Å²) in [5.74, 6) is 0.585. The molecule has 0 spiro atoms. The molecule has 1 atom stereocenters. The molecular weight excluding hydrogens is 321 g/mol. The zero-order valence-corrected chi connectivity index (χ0v) is 14.2. The van der Waals surface area contributed by atoms with E-state index in [9.17, 15) is 9.18 Å². The van der Waals surface area contributed by atoms with Crippen LogP contribution in [-0.2, 0) is 0 Å². The van der Waals surface area contributed by atoms with Gasteiger partial charge in [-0.1, -0.05) is 6.07 Å². The minimum absolute atomic E-state index is 0.0205. The number of hydrogen-bond acceptors (Lipinski definition) is 4. The summed E-state index contributed by atoms with van der Waals surface area (Å²) in [6.45, 7) is 3.08. The highest BCUT2D eigenvalue weighted by molar-refractivity contribution is 5.95. The molecule has 0 aliphatic carbocycles. The van der Waals surface area contributed by atoms with Crippen molar-refractivity contribution in [2.24, 2.45) is 5.73 Å². The SMILES string of the molecule is C[C@H]1CCCN1C(=O)c1ccc2cc(OC/C(=C/F)CN)ccc2n1. The molecule has 1 aromatic heterocycles. The van der Waals surface area contributed by atoms with Crippen LogP contribution in [0.3, 0.4) is 0 Å². The zero-order valence-electron chi connectivity index (χ0n) is 14.2. The number of fused-ring (bicyclic) bond motifs is 1. The van der Waals surface area contributed by atoms with Crippen LogP contribution in [0, 0.1) is 0 Å². The number of carbonyl (C=O) groups is 1. The molecule has 3 rings (SSSR count). The molecule has 2 heterocycles. The van der Waals surface area contributed by atoms with E-state index in [0.29, 0.717) is 23.3 Å². The van der Waals surface area contributed by atoms with Crippen molar-refractivity contribution in [3.63, 3.8) is 0 Å². The lowest BCUT2D eigenvalue weighted by molar-refractivity contribution is 0.0742. The molecule has 2 aromatic rings. The van der Waals surface area contributed by atoms with Crippen molar-refractivity contribution >= 4 is 16.8 Å². The smallest absolute Gasteiger partial charge is 0.272 e. The van der Waals surface area contributed by atoms with Crippen molar-refractivity contribution in [1.29, 1.82) is 0 Å². The van der Waals surface area contributed by atoms with E-state index in [1.165, 1.54) is 0 Å². The predicted octanol–water partition coefficient (Wildman–Crippen LogP) is 3.05. The van der Waals surface area contributed by atoms with Gasteiger partial charge in [-0.15, -0.1) is 0 Å². The summed E-state index contributed by atoms with van der Waals surface area (Å²) < 4.78 is 18.1. The number of nitrogens with two attached hydrogens (primary N) is 1. The maximum atomic E-state index is 12.6. The number of aromatic nitrogens is 1. The van der Waals surface area contributed by atoms with Crippen LogP contribution in [0.5, 0.6) is 5.75 Å². The number of benzene rings is 1. The Hall–Kier alpha value is -2.47. The van der Waals surface area contributed by atoms with E-state index in [1.807, 2.05) is 17.0 Å². The Labute approximate surface area is 146 Å².